The summed E-state index contributed by atoms with van der Waals surface area (Å²) in [6, 6.07) is 0.404. The van der Waals surface area contributed by atoms with Gasteiger partial charge in [0.25, 0.3) is 0 Å². The normalized spacial score (nSPS) is 14.3. The van der Waals surface area contributed by atoms with E-state index in [1.165, 1.54) is 0 Å². The molecule has 1 aromatic rings. The zero-order valence-corrected chi connectivity index (χ0v) is 6.00. The molecule has 0 aliphatic carbocycles. The third-order valence-corrected chi connectivity index (χ3v) is 1.62. The Morgan fingerprint density at radius 3 is 2.00 bits per heavy atom. The summed E-state index contributed by atoms with van der Waals surface area (Å²) in [5.41, 5.74) is 2.59. The van der Waals surface area contributed by atoms with Crippen molar-refractivity contribution in [1.82, 2.24) is 0 Å². The van der Waals surface area contributed by atoms with Gasteiger partial charge in [-0.2, -0.15) is 0 Å². The Balaban J connectivity index is 3.60. The van der Waals surface area contributed by atoms with Crippen LogP contribution in [0.25, 0.3) is 0 Å². The van der Waals surface area contributed by atoms with E-state index in [0.29, 0.717) is 0 Å². The minimum Gasteiger partial charge on any atom is -0.0617 e. The van der Waals surface area contributed by atoms with E-state index in [-0.39, 0.29) is 18.1 Å². The molecule has 0 bridgehead atoms. The van der Waals surface area contributed by atoms with Gasteiger partial charge >= 0.3 is 0 Å². The predicted molar refractivity (Wildman–Crippen MR) is 40.7 cm³/mol. The summed E-state index contributed by atoms with van der Waals surface area (Å²) in [6.45, 7) is 5.53. The minimum atomic E-state index is 0.0376. The summed E-state index contributed by atoms with van der Waals surface area (Å²) >= 11 is 0. The van der Waals surface area contributed by atoms with Crippen molar-refractivity contribution in [3.8, 4) is 0 Å². The summed E-state index contributed by atoms with van der Waals surface area (Å²) in [5.74, 6) is 0. The number of rotatable bonds is 0. The molecule has 0 aromatic heterocycles. The third kappa shape index (κ3) is 1.13. The van der Waals surface area contributed by atoms with Crippen LogP contribution in [0, 0.1) is 20.8 Å². The summed E-state index contributed by atoms with van der Waals surface area (Å²) in [5, 5.41) is 0. The van der Waals surface area contributed by atoms with E-state index in [1.54, 1.807) is 0 Å². The van der Waals surface area contributed by atoms with Crippen LogP contribution >= 0.6 is 0 Å². The fourth-order valence-corrected chi connectivity index (χ4v) is 0.688. The van der Waals surface area contributed by atoms with Crippen LogP contribution < -0.4 is 0 Å². The van der Waals surface area contributed by atoms with E-state index in [0.717, 1.165) is 16.7 Å². The van der Waals surface area contributed by atoms with Gasteiger partial charge in [0.2, 0.25) is 0 Å². The molecular weight excluding hydrogens is 108 g/mol. The van der Waals surface area contributed by atoms with Gasteiger partial charge in [0.1, 0.15) is 0 Å². The first-order chi connectivity index (χ1) is 5.46. The number of hydrogen-bond acceptors (Lipinski definition) is 0. The molecule has 0 aliphatic heterocycles. The lowest BCUT2D eigenvalue weighted by atomic mass is 10.1. The second kappa shape index (κ2) is 2.22. The van der Waals surface area contributed by atoms with Crippen molar-refractivity contribution in [1.29, 1.82) is 0 Å². The quantitative estimate of drug-likeness (QED) is 0.501. The molecule has 0 saturated heterocycles. The smallest absolute Gasteiger partial charge is 0.0617 e. The fourth-order valence-electron chi connectivity index (χ4n) is 0.688. The van der Waals surface area contributed by atoms with Crippen LogP contribution in [-0.2, 0) is 0 Å². The van der Waals surface area contributed by atoms with E-state index >= 15 is 0 Å². The Morgan fingerprint density at radius 2 is 1.56 bits per heavy atom. The SMILES string of the molecule is [3H]c1c([3H])c(C)c(C)c(C)c1[3H]. The predicted octanol–water partition coefficient (Wildman–Crippen LogP) is 2.61. The zero-order chi connectivity index (χ0) is 9.46. The molecule has 0 aliphatic rings. The monoisotopic (exact) mass is 126 g/mol. The van der Waals surface area contributed by atoms with Crippen molar-refractivity contribution in [2.24, 2.45) is 0 Å². The molecule has 0 amide bonds. The maximum atomic E-state index is 7.51. The molecule has 9 heavy (non-hydrogen) atoms. The standard InChI is InChI=1S/C9H12/c1-7-5-4-6-8(2)9(7)3/h4-6H,1-3H3/i4T,5T,6T. The first-order valence-corrected chi connectivity index (χ1v) is 3.00. The van der Waals surface area contributed by atoms with Gasteiger partial charge in [-0.15, -0.1) is 0 Å². The van der Waals surface area contributed by atoms with Gasteiger partial charge in [-0.3, -0.25) is 0 Å². The lowest BCUT2D eigenvalue weighted by Gasteiger charge is -2.00. The number of benzene rings is 1. The first kappa shape index (κ1) is 3.40. The van der Waals surface area contributed by atoms with Gasteiger partial charge < -0.3 is 0 Å². The zero-order valence-electron chi connectivity index (χ0n) is 9.00. The van der Waals surface area contributed by atoms with Crippen molar-refractivity contribution in [2.75, 3.05) is 0 Å². The van der Waals surface area contributed by atoms with Gasteiger partial charge in [0, 0.05) is 0 Å². The molecule has 0 N–H and O–H groups in total. The van der Waals surface area contributed by atoms with Crippen LogP contribution in [-0.4, -0.2) is 0 Å². The van der Waals surface area contributed by atoms with Gasteiger partial charge in [0.05, 0.1) is 4.11 Å². The van der Waals surface area contributed by atoms with Crippen molar-refractivity contribution in [3.63, 3.8) is 0 Å². The Hall–Kier alpha value is -0.780. The van der Waals surface area contributed by atoms with Crippen LogP contribution in [0.15, 0.2) is 18.1 Å². The highest BCUT2D eigenvalue weighted by Gasteiger charge is 1.91. The van der Waals surface area contributed by atoms with Crippen molar-refractivity contribution in [2.45, 2.75) is 20.8 Å². The Morgan fingerprint density at radius 1 is 1.11 bits per heavy atom. The van der Waals surface area contributed by atoms with Crippen LogP contribution in [0.2, 0.25) is 0 Å². The fraction of sp³-hybridized carbons (Fsp3) is 0.333. The van der Waals surface area contributed by atoms with E-state index in [4.69, 9.17) is 4.11 Å². The van der Waals surface area contributed by atoms with E-state index in [1.807, 2.05) is 20.8 Å². The third-order valence-electron chi connectivity index (χ3n) is 1.62. The summed E-state index contributed by atoms with van der Waals surface area (Å²) < 4.78 is 22.5. The molecule has 0 spiro atoms. The molecular formula is C9H12. The van der Waals surface area contributed by atoms with Gasteiger partial charge in [-0.1, -0.05) is 18.1 Å². The summed E-state index contributed by atoms with van der Waals surface area (Å²) in [7, 11) is 0. The highest BCUT2D eigenvalue weighted by Crippen LogP contribution is 2.09. The van der Waals surface area contributed by atoms with Crippen LogP contribution in [0.5, 0.6) is 0 Å². The summed E-state index contributed by atoms with van der Waals surface area (Å²) in [4.78, 5) is 0. The second-order valence-electron chi connectivity index (χ2n) is 2.25. The highest BCUT2D eigenvalue weighted by molar-refractivity contribution is 5.31. The molecule has 1 rings (SSSR count). The van der Waals surface area contributed by atoms with E-state index in [9.17, 15) is 0 Å². The summed E-state index contributed by atoms with van der Waals surface area (Å²) in [6.07, 6.45) is 0. The Kier molecular flexibility index (Phi) is 0.839. The van der Waals surface area contributed by atoms with Crippen LogP contribution in [0.4, 0.5) is 0 Å². The van der Waals surface area contributed by atoms with E-state index < -0.39 is 0 Å². The molecule has 0 fully saturated rings. The van der Waals surface area contributed by atoms with Crippen molar-refractivity contribution < 1.29 is 4.11 Å². The number of hydrogen-bond donors (Lipinski definition) is 0. The first-order valence-electron chi connectivity index (χ1n) is 4.50. The van der Waals surface area contributed by atoms with Crippen molar-refractivity contribution >= 4 is 0 Å². The molecule has 0 heteroatoms. The van der Waals surface area contributed by atoms with Gasteiger partial charge in [0.15, 0.2) is 0 Å². The maximum absolute atomic E-state index is 7.51. The lowest BCUT2D eigenvalue weighted by Crippen LogP contribution is -1.82. The molecule has 0 saturated carbocycles. The minimum absolute atomic E-state index is 0.0376. The Bertz CT molecular complexity index is 224. The molecule has 1 aromatic carbocycles. The van der Waals surface area contributed by atoms with Crippen LogP contribution in [0.1, 0.15) is 20.8 Å². The van der Waals surface area contributed by atoms with Gasteiger partial charge in [-0.25, -0.2) is 0 Å². The highest BCUT2D eigenvalue weighted by atomic mass is 14.0. The van der Waals surface area contributed by atoms with Crippen LogP contribution in [0.3, 0.4) is 0 Å². The average Bonchev–Trinajstić information content (AvgIpc) is 2.08. The van der Waals surface area contributed by atoms with Gasteiger partial charge in [-0.05, 0) is 37.5 Å². The largest absolute Gasteiger partial charge is 0.0626 e. The molecule has 0 radical (unpaired) electrons. The maximum Gasteiger partial charge on any atom is 0.0626 e. The lowest BCUT2D eigenvalue weighted by molar-refractivity contribution is 1.27. The molecule has 0 heterocycles. The Labute approximate surface area is 60.7 Å². The second-order valence-corrected chi connectivity index (χ2v) is 2.25. The van der Waals surface area contributed by atoms with Crippen molar-refractivity contribution in [3.05, 3.63) is 34.8 Å². The molecule has 0 atom stereocenters. The molecule has 48 valence electrons. The molecule has 0 nitrogen and oxygen atoms in total. The van der Waals surface area contributed by atoms with E-state index in [2.05, 4.69) is 0 Å². The molecule has 0 unspecified atom stereocenters. The topological polar surface area (TPSA) is 0 Å². The average molecular weight is 126 g/mol.